The van der Waals surface area contributed by atoms with E-state index >= 15 is 0 Å². The lowest BCUT2D eigenvalue weighted by Gasteiger charge is -2.09. The molecule has 0 radical (unpaired) electrons. The molecule has 2 heterocycles. The van der Waals surface area contributed by atoms with Crippen molar-refractivity contribution in [1.29, 1.82) is 0 Å². The number of rotatable bonds is 5. The van der Waals surface area contributed by atoms with Crippen molar-refractivity contribution < 1.29 is 14.2 Å². The zero-order valence-corrected chi connectivity index (χ0v) is 12.2. The van der Waals surface area contributed by atoms with E-state index in [1.165, 1.54) is 6.20 Å². The highest BCUT2D eigenvalue weighted by atomic mass is 35.5. The number of ether oxygens (including phenoxy) is 3. The molecule has 0 saturated carbocycles. The van der Waals surface area contributed by atoms with Crippen LogP contribution in [0.15, 0.2) is 24.4 Å². The molecule has 0 atom stereocenters. The third-order valence-electron chi connectivity index (χ3n) is 2.86. The van der Waals surface area contributed by atoms with Gasteiger partial charge in [0.1, 0.15) is 11.6 Å². The first-order valence-electron chi connectivity index (χ1n) is 6.54. The summed E-state index contributed by atoms with van der Waals surface area (Å²) in [6.07, 6.45) is 1.52. The fourth-order valence-electron chi connectivity index (χ4n) is 1.88. The Hall–Kier alpha value is -2.21. The molecule has 0 saturated heterocycles. The van der Waals surface area contributed by atoms with Crippen molar-refractivity contribution in [3.8, 4) is 17.4 Å². The summed E-state index contributed by atoms with van der Waals surface area (Å²) >= 11 is 6.03. The Balaban J connectivity index is 1.71. The average molecular weight is 308 g/mol. The number of hydrogen-bond donors (Lipinski definition) is 1. The quantitative estimate of drug-likeness (QED) is 0.916. The van der Waals surface area contributed by atoms with Gasteiger partial charge in [-0.3, -0.25) is 0 Å². The van der Waals surface area contributed by atoms with Crippen LogP contribution in [-0.2, 0) is 6.61 Å². The molecule has 1 aliphatic rings. The molecule has 1 aromatic heterocycles. The Bertz CT molecular complexity index is 651. The maximum absolute atomic E-state index is 6.03. The van der Waals surface area contributed by atoms with Crippen LogP contribution in [0.1, 0.15) is 12.5 Å². The van der Waals surface area contributed by atoms with Gasteiger partial charge in [0.2, 0.25) is 18.6 Å². The molecule has 21 heavy (non-hydrogen) atoms. The Morgan fingerprint density at radius 3 is 3.05 bits per heavy atom. The van der Waals surface area contributed by atoms with Gasteiger partial charge in [0, 0.05) is 6.54 Å². The maximum Gasteiger partial charge on any atom is 0.237 e. The molecule has 110 valence electrons. The van der Waals surface area contributed by atoms with Crippen molar-refractivity contribution in [2.75, 3.05) is 18.7 Å². The van der Waals surface area contributed by atoms with Gasteiger partial charge in [-0.25, -0.2) is 4.98 Å². The van der Waals surface area contributed by atoms with Crippen LogP contribution in [0.25, 0.3) is 0 Å². The molecular weight excluding hydrogens is 294 g/mol. The highest BCUT2D eigenvalue weighted by Gasteiger charge is 2.14. The van der Waals surface area contributed by atoms with Crippen LogP contribution in [0, 0.1) is 0 Å². The summed E-state index contributed by atoms with van der Waals surface area (Å²) in [6, 6.07) is 5.64. The number of nitrogens with one attached hydrogen (secondary N) is 1. The summed E-state index contributed by atoms with van der Waals surface area (Å²) in [7, 11) is 0. The van der Waals surface area contributed by atoms with E-state index in [-0.39, 0.29) is 6.79 Å². The molecule has 0 bridgehead atoms. The minimum absolute atomic E-state index is 0.253. The molecule has 7 heteroatoms. The Morgan fingerprint density at radius 2 is 2.19 bits per heavy atom. The molecule has 0 spiro atoms. The molecule has 3 rings (SSSR count). The zero-order valence-electron chi connectivity index (χ0n) is 11.4. The normalized spacial score (nSPS) is 12.3. The molecule has 2 aromatic rings. The lowest BCUT2D eigenvalue weighted by Crippen LogP contribution is -2.04. The Labute approximate surface area is 127 Å². The first-order chi connectivity index (χ1) is 10.3. The molecule has 0 amide bonds. The summed E-state index contributed by atoms with van der Waals surface area (Å²) in [5.41, 5.74) is 0.943. The largest absolute Gasteiger partial charge is 0.472 e. The van der Waals surface area contributed by atoms with Gasteiger partial charge < -0.3 is 19.5 Å². The first-order valence-corrected chi connectivity index (χ1v) is 6.92. The van der Waals surface area contributed by atoms with E-state index in [2.05, 4.69) is 15.3 Å². The number of fused-ring (bicyclic) bond motifs is 1. The highest BCUT2D eigenvalue weighted by molar-refractivity contribution is 6.31. The lowest BCUT2D eigenvalue weighted by atomic mass is 10.2. The fraction of sp³-hybridized carbons (Fsp3) is 0.286. The second-order valence-electron chi connectivity index (χ2n) is 4.35. The van der Waals surface area contributed by atoms with Gasteiger partial charge in [-0.1, -0.05) is 17.7 Å². The number of aromatic nitrogens is 2. The van der Waals surface area contributed by atoms with Crippen LogP contribution in [0.4, 0.5) is 5.95 Å². The number of anilines is 1. The standard InChI is InChI=1S/C14H14ClN3O3/c1-2-16-14-17-6-10(15)13(18-14)19-7-9-3-4-11-12(5-9)21-8-20-11/h3-6H,2,7-8H2,1H3,(H,16,17,18). The molecule has 0 aliphatic carbocycles. The van der Waals surface area contributed by atoms with Gasteiger partial charge in [-0.15, -0.1) is 0 Å². The molecule has 1 aromatic carbocycles. The van der Waals surface area contributed by atoms with Gasteiger partial charge >= 0.3 is 0 Å². The van der Waals surface area contributed by atoms with Crippen LogP contribution in [0.3, 0.4) is 0 Å². The third-order valence-corrected chi connectivity index (χ3v) is 3.12. The molecule has 1 N–H and O–H groups in total. The second kappa shape index (κ2) is 6.05. The molecule has 0 fully saturated rings. The van der Waals surface area contributed by atoms with E-state index in [0.717, 1.165) is 23.6 Å². The highest BCUT2D eigenvalue weighted by Crippen LogP contribution is 2.33. The van der Waals surface area contributed by atoms with Crippen LogP contribution < -0.4 is 19.5 Å². The van der Waals surface area contributed by atoms with Gasteiger partial charge in [0.05, 0.1) is 6.20 Å². The van der Waals surface area contributed by atoms with Crippen molar-refractivity contribution >= 4 is 17.5 Å². The van der Waals surface area contributed by atoms with Crippen molar-refractivity contribution in [3.63, 3.8) is 0 Å². The third kappa shape index (κ3) is 3.11. The van der Waals surface area contributed by atoms with E-state index in [9.17, 15) is 0 Å². The monoisotopic (exact) mass is 307 g/mol. The summed E-state index contributed by atoms with van der Waals surface area (Å²) in [6.45, 7) is 3.27. The predicted octanol–water partition coefficient (Wildman–Crippen LogP) is 2.87. The minimum atomic E-state index is 0.253. The SMILES string of the molecule is CCNc1ncc(Cl)c(OCc2ccc3c(c2)OCO3)n1. The Kier molecular flexibility index (Phi) is 3.96. The molecule has 6 nitrogen and oxygen atoms in total. The molecule has 1 aliphatic heterocycles. The van der Waals surface area contributed by atoms with E-state index in [1.807, 2.05) is 25.1 Å². The number of benzene rings is 1. The van der Waals surface area contributed by atoms with E-state index in [4.69, 9.17) is 25.8 Å². The number of hydrogen-bond acceptors (Lipinski definition) is 6. The summed E-state index contributed by atoms with van der Waals surface area (Å²) in [4.78, 5) is 8.28. The summed E-state index contributed by atoms with van der Waals surface area (Å²) in [5, 5.41) is 3.38. The van der Waals surface area contributed by atoms with Gasteiger partial charge in [0.25, 0.3) is 0 Å². The van der Waals surface area contributed by atoms with Gasteiger partial charge in [-0.2, -0.15) is 4.98 Å². The topological polar surface area (TPSA) is 65.5 Å². The van der Waals surface area contributed by atoms with E-state index in [1.54, 1.807) is 0 Å². The van der Waals surface area contributed by atoms with E-state index in [0.29, 0.717) is 23.5 Å². The van der Waals surface area contributed by atoms with Crippen molar-refractivity contribution in [3.05, 3.63) is 35.0 Å². The lowest BCUT2D eigenvalue weighted by molar-refractivity contribution is 0.174. The van der Waals surface area contributed by atoms with Crippen molar-refractivity contribution in [1.82, 2.24) is 9.97 Å². The summed E-state index contributed by atoms with van der Waals surface area (Å²) in [5.74, 6) is 2.30. The van der Waals surface area contributed by atoms with Crippen LogP contribution >= 0.6 is 11.6 Å². The average Bonchev–Trinajstić information content (AvgIpc) is 2.95. The number of halogens is 1. The summed E-state index contributed by atoms with van der Waals surface area (Å²) < 4.78 is 16.2. The van der Waals surface area contributed by atoms with E-state index < -0.39 is 0 Å². The molecular formula is C14H14ClN3O3. The zero-order chi connectivity index (χ0) is 14.7. The fourth-order valence-corrected chi connectivity index (χ4v) is 2.02. The van der Waals surface area contributed by atoms with Crippen LogP contribution in [0.5, 0.6) is 17.4 Å². The first kappa shape index (κ1) is 13.8. The van der Waals surface area contributed by atoms with Gasteiger partial charge in [0.15, 0.2) is 11.5 Å². The van der Waals surface area contributed by atoms with Crippen molar-refractivity contribution in [2.24, 2.45) is 0 Å². The minimum Gasteiger partial charge on any atom is -0.472 e. The Morgan fingerprint density at radius 1 is 1.33 bits per heavy atom. The van der Waals surface area contributed by atoms with Crippen molar-refractivity contribution in [2.45, 2.75) is 13.5 Å². The number of nitrogens with zero attached hydrogens (tertiary/aromatic N) is 2. The smallest absolute Gasteiger partial charge is 0.237 e. The maximum atomic E-state index is 6.03. The second-order valence-corrected chi connectivity index (χ2v) is 4.76. The molecule has 0 unspecified atom stereocenters. The van der Waals surface area contributed by atoms with Crippen LogP contribution in [-0.4, -0.2) is 23.3 Å². The predicted molar refractivity (Wildman–Crippen MR) is 78.1 cm³/mol. The van der Waals surface area contributed by atoms with Gasteiger partial charge in [-0.05, 0) is 24.6 Å². The van der Waals surface area contributed by atoms with Crippen LogP contribution in [0.2, 0.25) is 5.02 Å².